The highest BCUT2D eigenvalue weighted by atomic mass is 16.5. The number of nitrogens with one attached hydrogen (secondary N) is 1. The van der Waals surface area contributed by atoms with E-state index >= 15 is 0 Å². The summed E-state index contributed by atoms with van der Waals surface area (Å²) in [6, 6.07) is 17.5. The van der Waals surface area contributed by atoms with E-state index < -0.39 is 0 Å². The molecule has 1 amide bonds. The first-order valence-corrected chi connectivity index (χ1v) is 9.60. The number of fused-ring (bicyclic) bond motifs is 1. The van der Waals surface area contributed by atoms with Gasteiger partial charge in [0.25, 0.3) is 5.91 Å². The maximum Gasteiger partial charge on any atom is 0.253 e. The van der Waals surface area contributed by atoms with E-state index in [-0.39, 0.29) is 5.91 Å². The lowest BCUT2D eigenvalue weighted by atomic mass is 10.0. The van der Waals surface area contributed by atoms with Gasteiger partial charge >= 0.3 is 0 Å². The average Bonchev–Trinajstić information content (AvgIpc) is 2.78. The summed E-state index contributed by atoms with van der Waals surface area (Å²) in [4.78, 5) is 21.0. The van der Waals surface area contributed by atoms with Crippen molar-refractivity contribution in [2.24, 2.45) is 0 Å². The zero-order chi connectivity index (χ0) is 20.9. The molecule has 0 radical (unpaired) electrons. The van der Waals surface area contributed by atoms with Gasteiger partial charge in [-0.05, 0) is 58.8 Å². The van der Waals surface area contributed by atoms with Crippen LogP contribution in [0, 0.1) is 0 Å². The van der Waals surface area contributed by atoms with Gasteiger partial charge in [0, 0.05) is 30.5 Å². The van der Waals surface area contributed by atoms with E-state index in [1.165, 1.54) is 0 Å². The fourth-order valence-corrected chi connectivity index (χ4v) is 3.33. The molecule has 2 aromatic carbocycles. The number of hydrogen-bond acceptors (Lipinski definition) is 5. The Bertz CT molecular complexity index is 1190. The lowest BCUT2D eigenvalue weighted by Gasteiger charge is -2.09. The molecule has 6 nitrogen and oxygen atoms in total. The van der Waals surface area contributed by atoms with Crippen LogP contribution in [0.25, 0.3) is 10.8 Å². The van der Waals surface area contributed by atoms with Crippen molar-refractivity contribution in [3.8, 4) is 5.75 Å². The third kappa shape index (κ3) is 4.38. The molecular weight excluding hydrogens is 376 g/mol. The van der Waals surface area contributed by atoms with Crippen LogP contribution in [0.1, 0.15) is 27.0 Å². The highest BCUT2D eigenvalue weighted by Gasteiger charge is 2.08. The summed E-state index contributed by atoms with van der Waals surface area (Å²) in [7, 11) is 1.64. The van der Waals surface area contributed by atoms with Crippen molar-refractivity contribution in [1.29, 1.82) is 0 Å². The zero-order valence-corrected chi connectivity index (χ0v) is 16.6. The molecule has 0 aliphatic carbocycles. The van der Waals surface area contributed by atoms with Crippen molar-refractivity contribution >= 4 is 22.5 Å². The zero-order valence-electron chi connectivity index (χ0n) is 16.6. The van der Waals surface area contributed by atoms with E-state index in [1.807, 2.05) is 54.6 Å². The first-order valence-electron chi connectivity index (χ1n) is 9.60. The van der Waals surface area contributed by atoms with Crippen LogP contribution in [0.3, 0.4) is 0 Å². The summed E-state index contributed by atoms with van der Waals surface area (Å²) in [5.74, 6) is 1.16. The quantitative estimate of drug-likeness (QED) is 0.516. The van der Waals surface area contributed by atoms with E-state index in [0.29, 0.717) is 24.3 Å². The van der Waals surface area contributed by atoms with Crippen LogP contribution in [0.2, 0.25) is 0 Å². The molecule has 0 aliphatic heterocycles. The molecule has 2 aromatic heterocycles. The van der Waals surface area contributed by atoms with Crippen molar-refractivity contribution in [2.45, 2.75) is 13.0 Å². The molecule has 0 fully saturated rings. The van der Waals surface area contributed by atoms with Gasteiger partial charge in [-0.15, -0.1) is 0 Å². The number of carbonyl (C=O) groups excluding carboxylic acids is 1. The molecule has 150 valence electrons. The Hall–Kier alpha value is -3.93. The Morgan fingerprint density at radius 1 is 1.00 bits per heavy atom. The number of pyridine rings is 2. The van der Waals surface area contributed by atoms with Crippen LogP contribution >= 0.6 is 0 Å². The van der Waals surface area contributed by atoms with Gasteiger partial charge in [0.1, 0.15) is 11.6 Å². The predicted octanol–water partition coefficient (Wildman–Crippen LogP) is 3.74. The number of nitrogens with two attached hydrogens (primary N) is 1. The molecule has 0 saturated heterocycles. The van der Waals surface area contributed by atoms with Gasteiger partial charge in [-0.3, -0.25) is 9.78 Å². The van der Waals surface area contributed by atoms with Gasteiger partial charge in [-0.1, -0.05) is 24.3 Å². The molecule has 30 heavy (non-hydrogen) atoms. The van der Waals surface area contributed by atoms with Crippen LogP contribution in [0.5, 0.6) is 5.75 Å². The van der Waals surface area contributed by atoms with Gasteiger partial charge in [-0.2, -0.15) is 0 Å². The van der Waals surface area contributed by atoms with Gasteiger partial charge in [0.05, 0.1) is 12.7 Å². The number of aromatic nitrogens is 2. The number of carbonyl (C=O) groups is 1. The molecule has 4 rings (SSSR count). The molecule has 0 atom stereocenters. The van der Waals surface area contributed by atoms with Crippen molar-refractivity contribution in [3.63, 3.8) is 0 Å². The highest BCUT2D eigenvalue weighted by Crippen LogP contribution is 2.20. The Morgan fingerprint density at radius 3 is 2.60 bits per heavy atom. The molecule has 4 aromatic rings. The van der Waals surface area contributed by atoms with E-state index in [0.717, 1.165) is 33.2 Å². The molecule has 0 saturated carbocycles. The van der Waals surface area contributed by atoms with Crippen LogP contribution < -0.4 is 15.8 Å². The van der Waals surface area contributed by atoms with E-state index in [2.05, 4.69) is 15.3 Å². The standard InChI is InChI=1S/C24H22N4O2/c1-30-21-5-2-16(3-6-21)10-18-12-20(15-26-13-18)24(29)28-14-17-4-7-22-19(11-17)8-9-27-23(22)25/h2-9,11-13,15H,10,14H2,1H3,(H2,25,27)(H,28,29). The number of hydrogen-bond donors (Lipinski definition) is 2. The average molecular weight is 398 g/mol. The van der Waals surface area contributed by atoms with E-state index in [1.54, 1.807) is 25.7 Å². The second-order valence-corrected chi connectivity index (χ2v) is 7.04. The summed E-state index contributed by atoms with van der Waals surface area (Å²) in [5.41, 5.74) is 9.52. The highest BCUT2D eigenvalue weighted by molar-refractivity contribution is 5.94. The smallest absolute Gasteiger partial charge is 0.253 e. The monoisotopic (exact) mass is 398 g/mol. The van der Waals surface area contributed by atoms with Crippen molar-refractivity contribution in [3.05, 3.63) is 95.4 Å². The second kappa shape index (κ2) is 8.61. The number of benzene rings is 2. The Labute approximate surface area is 174 Å². The third-order valence-electron chi connectivity index (χ3n) is 4.94. The second-order valence-electron chi connectivity index (χ2n) is 7.04. The van der Waals surface area contributed by atoms with E-state index in [9.17, 15) is 4.79 Å². The van der Waals surface area contributed by atoms with Gasteiger partial charge in [-0.25, -0.2) is 4.98 Å². The summed E-state index contributed by atoms with van der Waals surface area (Å²) >= 11 is 0. The molecular formula is C24H22N4O2. The first kappa shape index (κ1) is 19.4. The fraction of sp³-hybridized carbons (Fsp3) is 0.125. The maximum atomic E-state index is 12.6. The Balaban J connectivity index is 1.42. The number of amides is 1. The van der Waals surface area contributed by atoms with Gasteiger partial charge < -0.3 is 15.8 Å². The van der Waals surface area contributed by atoms with Crippen LogP contribution in [0.4, 0.5) is 5.82 Å². The predicted molar refractivity (Wildman–Crippen MR) is 117 cm³/mol. The molecule has 0 unspecified atom stereocenters. The number of methoxy groups -OCH3 is 1. The molecule has 2 heterocycles. The van der Waals surface area contributed by atoms with Gasteiger partial charge in [0.15, 0.2) is 0 Å². The van der Waals surface area contributed by atoms with Gasteiger partial charge in [0.2, 0.25) is 0 Å². The van der Waals surface area contributed by atoms with Crippen LogP contribution in [-0.4, -0.2) is 23.0 Å². The van der Waals surface area contributed by atoms with Crippen molar-refractivity contribution < 1.29 is 9.53 Å². The minimum atomic E-state index is -0.159. The Morgan fingerprint density at radius 2 is 1.80 bits per heavy atom. The fourth-order valence-electron chi connectivity index (χ4n) is 3.33. The molecule has 0 bridgehead atoms. The topological polar surface area (TPSA) is 90.1 Å². The van der Waals surface area contributed by atoms with E-state index in [4.69, 9.17) is 10.5 Å². The normalized spacial score (nSPS) is 10.7. The molecule has 0 spiro atoms. The third-order valence-corrected chi connectivity index (χ3v) is 4.94. The first-order chi connectivity index (χ1) is 14.6. The summed E-state index contributed by atoms with van der Waals surface area (Å²) < 4.78 is 5.19. The number of rotatable bonds is 6. The summed E-state index contributed by atoms with van der Waals surface area (Å²) in [6.45, 7) is 0.416. The summed E-state index contributed by atoms with van der Waals surface area (Å²) in [5, 5.41) is 4.86. The number of nitrogens with zero attached hydrogens (tertiary/aromatic N) is 2. The lowest BCUT2D eigenvalue weighted by molar-refractivity contribution is 0.0950. The van der Waals surface area contributed by atoms with Crippen molar-refractivity contribution in [1.82, 2.24) is 15.3 Å². The minimum Gasteiger partial charge on any atom is -0.497 e. The largest absolute Gasteiger partial charge is 0.497 e. The minimum absolute atomic E-state index is 0.159. The SMILES string of the molecule is COc1ccc(Cc2cncc(C(=O)NCc3ccc4c(N)nccc4c3)c2)cc1. The molecule has 6 heteroatoms. The number of anilines is 1. The lowest BCUT2D eigenvalue weighted by Crippen LogP contribution is -2.23. The summed E-state index contributed by atoms with van der Waals surface area (Å²) in [6.07, 6.45) is 5.74. The van der Waals surface area contributed by atoms with Crippen molar-refractivity contribution in [2.75, 3.05) is 12.8 Å². The maximum absolute atomic E-state index is 12.6. The molecule has 0 aliphatic rings. The van der Waals surface area contributed by atoms with Crippen LogP contribution in [-0.2, 0) is 13.0 Å². The number of nitrogen functional groups attached to an aromatic ring is 1. The molecule has 3 N–H and O–H groups in total. The number of ether oxygens (including phenoxy) is 1. The van der Waals surface area contributed by atoms with Crippen LogP contribution in [0.15, 0.2) is 73.2 Å². The Kier molecular flexibility index (Phi) is 5.57.